The van der Waals surface area contributed by atoms with Crippen molar-refractivity contribution in [3.8, 4) is 0 Å². The van der Waals surface area contributed by atoms with Gasteiger partial charge >= 0.3 is 5.97 Å². The number of allylic oxidation sites excluding steroid dienone is 2. The van der Waals surface area contributed by atoms with E-state index >= 15 is 0 Å². The fourth-order valence-electron chi connectivity index (χ4n) is 3.08. The third kappa shape index (κ3) is 4.04. The van der Waals surface area contributed by atoms with Crippen LogP contribution in [-0.4, -0.2) is 45.9 Å². The Labute approximate surface area is 166 Å². The van der Waals surface area contributed by atoms with Crippen LogP contribution in [0.2, 0.25) is 0 Å². The largest absolute Gasteiger partial charge is 0.445 e. The maximum Gasteiger partial charge on any atom is 0.356 e. The number of hydrogen-bond acceptors (Lipinski definition) is 5. The van der Waals surface area contributed by atoms with Gasteiger partial charge in [0.15, 0.2) is 6.07 Å². The summed E-state index contributed by atoms with van der Waals surface area (Å²) in [5, 5.41) is 2.45. The molecule has 2 atom stereocenters. The number of carbonyl (C=O) groups excluding carboxylic acids is 3. The molecular formula is C19H19ClN2O4S. The minimum absolute atomic E-state index is 0.197. The van der Waals surface area contributed by atoms with E-state index in [1.165, 1.54) is 16.7 Å². The highest BCUT2D eigenvalue weighted by molar-refractivity contribution is 8.00. The molecule has 0 aliphatic carbocycles. The number of rotatable bonds is 6. The molecule has 0 aromatic heterocycles. The van der Waals surface area contributed by atoms with E-state index in [9.17, 15) is 14.4 Å². The topological polar surface area (TPSA) is 75.7 Å². The van der Waals surface area contributed by atoms with Crippen molar-refractivity contribution in [2.45, 2.75) is 24.8 Å². The zero-order valence-electron chi connectivity index (χ0n) is 14.7. The molecule has 0 bridgehead atoms. The SMILES string of the molecule is C/C=C/C1=C(C(=O)OCCl)N2C(=O)C(NC(=O)Cc3ccccc3)C2SC1. The van der Waals surface area contributed by atoms with Crippen LogP contribution in [-0.2, 0) is 25.5 Å². The lowest BCUT2D eigenvalue weighted by molar-refractivity contribution is -0.152. The molecule has 1 aromatic rings. The monoisotopic (exact) mass is 406 g/mol. The highest BCUT2D eigenvalue weighted by Crippen LogP contribution is 2.41. The normalized spacial score (nSPS) is 21.7. The molecule has 2 amide bonds. The van der Waals surface area contributed by atoms with Gasteiger partial charge in [0, 0.05) is 5.75 Å². The average molecular weight is 407 g/mol. The van der Waals surface area contributed by atoms with Gasteiger partial charge in [0.25, 0.3) is 5.91 Å². The Morgan fingerprint density at radius 1 is 1.37 bits per heavy atom. The van der Waals surface area contributed by atoms with E-state index in [0.29, 0.717) is 11.3 Å². The fourth-order valence-corrected chi connectivity index (χ4v) is 4.50. The number of benzene rings is 1. The van der Waals surface area contributed by atoms with Crippen LogP contribution in [0.25, 0.3) is 0 Å². The summed E-state index contributed by atoms with van der Waals surface area (Å²) in [7, 11) is 0. The molecule has 1 fully saturated rings. The van der Waals surface area contributed by atoms with Gasteiger partial charge in [0.2, 0.25) is 5.91 Å². The van der Waals surface area contributed by atoms with E-state index < -0.39 is 12.0 Å². The van der Waals surface area contributed by atoms with Crippen molar-refractivity contribution in [2.75, 3.05) is 11.8 Å². The molecule has 1 N–H and O–H groups in total. The molecule has 2 aliphatic rings. The Bertz CT molecular complexity index is 809. The van der Waals surface area contributed by atoms with Crippen molar-refractivity contribution < 1.29 is 19.1 Å². The van der Waals surface area contributed by atoms with Gasteiger partial charge in [0.05, 0.1) is 6.42 Å². The minimum Gasteiger partial charge on any atom is -0.445 e. The zero-order valence-corrected chi connectivity index (χ0v) is 16.3. The van der Waals surface area contributed by atoms with Gasteiger partial charge in [-0.15, -0.1) is 11.8 Å². The van der Waals surface area contributed by atoms with Gasteiger partial charge in [-0.05, 0) is 18.1 Å². The van der Waals surface area contributed by atoms with Crippen LogP contribution in [0.1, 0.15) is 12.5 Å². The summed E-state index contributed by atoms with van der Waals surface area (Å²) >= 11 is 7.00. The molecule has 0 radical (unpaired) electrons. The molecule has 0 saturated carbocycles. The maximum absolute atomic E-state index is 12.7. The smallest absolute Gasteiger partial charge is 0.356 e. The molecule has 0 spiro atoms. The number of hydrogen-bond donors (Lipinski definition) is 1. The highest BCUT2D eigenvalue weighted by atomic mass is 35.5. The Balaban J connectivity index is 1.72. The van der Waals surface area contributed by atoms with Crippen LogP contribution in [0.15, 0.2) is 53.8 Å². The molecule has 8 heteroatoms. The van der Waals surface area contributed by atoms with E-state index in [1.54, 1.807) is 12.2 Å². The Kier molecular flexibility index (Phi) is 6.23. The summed E-state index contributed by atoms with van der Waals surface area (Å²) in [4.78, 5) is 38.6. The van der Waals surface area contributed by atoms with E-state index in [0.717, 1.165) is 5.56 Å². The number of β-lactam (4-membered cyclic amide) rings is 1. The molecule has 2 unspecified atom stereocenters. The lowest BCUT2D eigenvalue weighted by atomic mass is 10.0. The van der Waals surface area contributed by atoms with Gasteiger partial charge in [-0.1, -0.05) is 54.1 Å². The molecule has 3 rings (SSSR count). The van der Waals surface area contributed by atoms with Crippen molar-refractivity contribution in [3.05, 3.63) is 59.3 Å². The average Bonchev–Trinajstić information content (AvgIpc) is 2.67. The van der Waals surface area contributed by atoms with E-state index in [-0.39, 0.29) is 35.4 Å². The number of nitrogens with zero attached hydrogens (tertiary/aromatic N) is 1. The van der Waals surface area contributed by atoms with Gasteiger partial charge < -0.3 is 10.1 Å². The number of carbonyl (C=O) groups is 3. The molecular weight excluding hydrogens is 388 g/mol. The number of nitrogens with one attached hydrogen (secondary N) is 1. The standard InChI is InChI=1S/C19H19ClN2O4S/c1-2-6-13-10-27-18-15(17(24)22(18)16(13)19(25)26-11-20)21-14(23)9-12-7-4-3-5-8-12/h2-8,15,18H,9-11H2,1H3,(H,21,23)/b6-2+. The van der Waals surface area contributed by atoms with E-state index in [1.807, 2.05) is 37.3 Å². The molecule has 27 heavy (non-hydrogen) atoms. The second-order valence-electron chi connectivity index (χ2n) is 6.03. The number of fused-ring (bicyclic) bond motifs is 1. The summed E-state index contributed by atoms with van der Waals surface area (Å²) in [5.74, 6) is -0.646. The first kappa shape index (κ1) is 19.5. The first-order chi connectivity index (χ1) is 13.1. The molecule has 6 nitrogen and oxygen atoms in total. The van der Waals surface area contributed by atoms with Crippen molar-refractivity contribution in [1.82, 2.24) is 10.2 Å². The Morgan fingerprint density at radius 3 is 2.78 bits per heavy atom. The molecule has 1 saturated heterocycles. The third-order valence-corrected chi connectivity index (χ3v) is 5.68. The second-order valence-corrected chi connectivity index (χ2v) is 7.36. The van der Waals surface area contributed by atoms with Gasteiger partial charge in [0.1, 0.15) is 17.1 Å². The molecule has 2 aliphatic heterocycles. The lowest BCUT2D eigenvalue weighted by Gasteiger charge is -2.49. The van der Waals surface area contributed by atoms with Gasteiger partial charge in [-0.25, -0.2) is 4.79 Å². The zero-order chi connectivity index (χ0) is 19.4. The summed E-state index contributed by atoms with van der Waals surface area (Å²) in [6, 6.07) is 8.37. The summed E-state index contributed by atoms with van der Waals surface area (Å²) in [6.45, 7) is 1.83. The third-order valence-electron chi connectivity index (χ3n) is 4.27. The summed E-state index contributed by atoms with van der Waals surface area (Å²) in [6.07, 6.45) is 3.78. The molecule has 1 aromatic carbocycles. The number of amides is 2. The first-order valence-electron chi connectivity index (χ1n) is 8.43. The van der Waals surface area contributed by atoms with Crippen LogP contribution >= 0.6 is 23.4 Å². The van der Waals surface area contributed by atoms with Crippen LogP contribution in [0.5, 0.6) is 0 Å². The van der Waals surface area contributed by atoms with Crippen LogP contribution in [0.3, 0.4) is 0 Å². The lowest BCUT2D eigenvalue weighted by Crippen LogP contribution is -2.70. The summed E-state index contributed by atoms with van der Waals surface area (Å²) < 4.78 is 4.90. The Hall–Kier alpha value is -2.25. The molecule has 2 heterocycles. The van der Waals surface area contributed by atoms with Crippen molar-refractivity contribution >= 4 is 41.1 Å². The fraction of sp³-hybridized carbons (Fsp3) is 0.316. The number of halogens is 1. The van der Waals surface area contributed by atoms with E-state index in [4.69, 9.17) is 16.3 Å². The predicted molar refractivity (Wildman–Crippen MR) is 104 cm³/mol. The molecule has 142 valence electrons. The van der Waals surface area contributed by atoms with Crippen LogP contribution in [0, 0.1) is 0 Å². The van der Waals surface area contributed by atoms with Crippen molar-refractivity contribution in [2.24, 2.45) is 0 Å². The predicted octanol–water partition coefficient (Wildman–Crippen LogP) is 2.20. The summed E-state index contributed by atoms with van der Waals surface area (Å²) in [5.41, 5.74) is 1.78. The van der Waals surface area contributed by atoms with Gasteiger partial charge in [-0.3, -0.25) is 14.5 Å². The number of alkyl halides is 1. The first-order valence-corrected chi connectivity index (χ1v) is 10.0. The van der Waals surface area contributed by atoms with Crippen LogP contribution in [0.4, 0.5) is 0 Å². The minimum atomic E-state index is -0.655. The van der Waals surface area contributed by atoms with Crippen molar-refractivity contribution in [1.29, 1.82) is 0 Å². The van der Waals surface area contributed by atoms with Crippen molar-refractivity contribution in [3.63, 3.8) is 0 Å². The highest BCUT2D eigenvalue weighted by Gasteiger charge is 2.54. The number of ether oxygens (including phenoxy) is 1. The number of thioether (sulfide) groups is 1. The second kappa shape index (κ2) is 8.63. The Morgan fingerprint density at radius 2 is 2.11 bits per heavy atom. The van der Waals surface area contributed by atoms with E-state index in [2.05, 4.69) is 5.32 Å². The maximum atomic E-state index is 12.7. The quantitative estimate of drug-likeness (QED) is 0.445. The van der Waals surface area contributed by atoms with Crippen LogP contribution < -0.4 is 5.32 Å². The van der Waals surface area contributed by atoms with Gasteiger partial charge in [-0.2, -0.15) is 0 Å². The number of esters is 1.